The standard InChI is InChI=1S/C12H14F3NO4S/c1-11(17)6-7-16(8-11)21(18,19)10-4-2-9(3-5-10)20-12(13,14)15/h2-5,17H,6-8H2,1H3. The SMILES string of the molecule is CC1(O)CCN(S(=O)(=O)c2ccc(OC(F)(F)F)cc2)C1. The van der Waals surface area contributed by atoms with Crippen molar-refractivity contribution >= 4 is 10.0 Å². The molecule has 1 aromatic rings. The Morgan fingerprint density at radius 1 is 1.29 bits per heavy atom. The number of alkyl halides is 3. The van der Waals surface area contributed by atoms with Crippen LogP contribution in [-0.4, -0.2) is 42.9 Å². The number of halogens is 3. The highest BCUT2D eigenvalue weighted by molar-refractivity contribution is 7.89. The third-order valence-electron chi connectivity index (χ3n) is 3.11. The molecule has 1 N–H and O–H groups in total. The summed E-state index contributed by atoms with van der Waals surface area (Å²) >= 11 is 0. The lowest BCUT2D eigenvalue weighted by molar-refractivity contribution is -0.274. The summed E-state index contributed by atoms with van der Waals surface area (Å²) < 4.78 is 65.4. The predicted octanol–water partition coefficient (Wildman–Crippen LogP) is 1.73. The minimum Gasteiger partial charge on any atom is -0.406 e. The van der Waals surface area contributed by atoms with Gasteiger partial charge in [-0.1, -0.05) is 0 Å². The molecule has 1 saturated heterocycles. The third kappa shape index (κ3) is 3.86. The lowest BCUT2D eigenvalue weighted by atomic mass is 10.1. The molecule has 1 aliphatic rings. The molecule has 9 heteroatoms. The first kappa shape index (κ1) is 16.1. The average molecular weight is 325 g/mol. The van der Waals surface area contributed by atoms with Crippen molar-refractivity contribution in [2.45, 2.75) is 30.2 Å². The fourth-order valence-corrected chi connectivity index (χ4v) is 3.63. The first-order valence-corrected chi connectivity index (χ1v) is 7.52. The van der Waals surface area contributed by atoms with Crippen molar-refractivity contribution in [3.05, 3.63) is 24.3 Å². The molecule has 1 atom stereocenters. The molecule has 2 rings (SSSR count). The summed E-state index contributed by atoms with van der Waals surface area (Å²) in [6.07, 6.45) is -4.52. The molecule has 0 aromatic heterocycles. The molecule has 1 aromatic carbocycles. The van der Waals surface area contributed by atoms with E-state index in [1.54, 1.807) is 0 Å². The van der Waals surface area contributed by atoms with Crippen LogP contribution in [0, 0.1) is 0 Å². The molecule has 0 amide bonds. The topological polar surface area (TPSA) is 66.8 Å². The fourth-order valence-electron chi connectivity index (χ4n) is 2.07. The second-order valence-electron chi connectivity index (χ2n) is 5.10. The van der Waals surface area contributed by atoms with Crippen LogP contribution in [0.1, 0.15) is 13.3 Å². The summed E-state index contributed by atoms with van der Waals surface area (Å²) in [6, 6.07) is 3.97. The van der Waals surface area contributed by atoms with Crippen LogP contribution >= 0.6 is 0 Å². The normalized spacial score (nSPS) is 24.2. The Hall–Kier alpha value is -1.32. The molecule has 0 bridgehead atoms. The highest BCUT2D eigenvalue weighted by atomic mass is 32.2. The van der Waals surface area contributed by atoms with Crippen LogP contribution < -0.4 is 4.74 Å². The van der Waals surface area contributed by atoms with Gasteiger partial charge in [0.15, 0.2) is 0 Å². The predicted molar refractivity (Wildman–Crippen MR) is 67.1 cm³/mol. The molecule has 0 radical (unpaired) electrons. The number of benzene rings is 1. The molecule has 21 heavy (non-hydrogen) atoms. The number of hydrogen-bond donors (Lipinski definition) is 1. The molecular weight excluding hydrogens is 311 g/mol. The monoisotopic (exact) mass is 325 g/mol. The summed E-state index contributed by atoms with van der Waals surface area (Å²) in [5.74, 6) is -0.491. The van der Waals surface area contributed by atoms with E-state index in [0.717, 1.165) is 28.6 Å². The smallest absolute Gasteiger partial charge is 0.406 e. The summed E-state index contributed by atoms with van der Waals surface area (Å²) in [4.78, 5) is -0.144. The second kappa shape index (κ2) is 5.15. The quantitative estimate of drug-likeness (QED) is 0.919. The zero-order valence-corrected chi connectivity index (χ0v) is 11.9. The Morgan fingerprint density at radius 2 is 1.86 bits per heavy atom. The summed E-state index contributed by atoms with van der Waals surface area (Å²) in [5, 5.41) is 9.80. The number of ether oxygens (including phenoxy) is 1. The van der Waals surface area contributed by atoms with Crippen molar-refractivity contribution < 1.29 is 31.4 Å². The van der Waals surface area contributed by atoms with Gasteiger partial charge < -0.3 is 9.84 Å². The van der Waals surface area contributed by atoms with Crippen molar-refractivity contribution in [1.82, 2.24) is 4.31 Å². The maximum Gasteiger partial charge on any atom is 0.573 e. The van der Waals surface area contributed by atoms with Crippen LogP contribution in [-0.2, 0) is 10.0 Å². The number of aliphatic hydroxyl groups is 1. The van der Waals surface area contributed by atoms with E-state index in [2.05, 4.69) is 4.74 Å². The van der Waals surface area contributed by atoms with Gasteiger partial charge in [0, 0.05) is 13.1 Å². The van der Waals surface area contributed by atoms with Crippen molar-refractivity contribution in [3.63, 3.8) is 0 Å². The highest BCUT2D eigenvalue weighted by Crippen LogP contribution is 2.28. The molecule has 5 nitrogen and oxygen atoms in total. The fraction of sp³-hybridized carbons (Fsp3) is 0.500. The van der Waals surface area contributed by atoms with Crippen LogP contribution in [0.4, 0.5) is 13.2 Å². The lowest BCUT2D eigenvalue weighted by Crippen LogP contribution is -2.33. The van der Waals surface area contributed by atoms with Crippen LogP contribution in [0.3, 0.4) is 0 Å². The van der Waals surface area contributed by atoms with Gasteiger partial charge in [-0.3, -0.25) is 0 Å². The summed E-state index contributed by atoms with van der Waals surface area (Å²) in [6.45, 7) is 1.65. The Morgan fingerprint density at radius 3 is 2.29 bits per heavy atom. The number of rotatable bonds is 3. The van der Waals surface area contributed by atoms with Gasteiger partial charge in [0.2, 0.25) is 10.0 Å². The summed E-state index contributed by atoms with van der Waals surface area (Å²) in [7, 11) is -3.83. The lowest BCUT2D eigenvalue weighted by Gasteiger charge is -2.19. The van der Waals surface area contributed by atoms with E-state index in [0.29, 0.717) is 6.42 Å². The van der Waals surface area contributed by atoms with Crippen molar-refractivity contribution in [1.29, 1.82) is 0 Å². The maximum atomic E-state index is 12.3. The molecule has 0 spiro atoms. The zero-order chi connectivity index (χ0) is 15.9. The molecule has 118 valence electrons. The molecular formula is C12H14F3NO4S. The minimum atomic E-state index is -4.83. The van der Waals surface area contributed by atoms with Gasteiger partial charge in [-0.05, 0) is 37.6 Å². The van der Waals surface area contributed by atoms with Crippen molar-refractivity contribution in [2.75, 3.05) is 13.1 Å². The minimum absolute atomic E-state index is 0.0455. The van der Waals surface area contributed by atoms with E-state index in [1.807, 2.05) is 0 Å². The first-order chi connectivity index (χ1) is 9.50. The van der Waals surface area contributed by atoms with Crippen LogP contribution in [0.15, 0.2) is 29.2 Å². The number of sulfonamides is 1. The Labute approximate surface area is 120 Å². The van der Waals surface area contributed by atoms with Gasteiger partial charge in [-0.25, -0.2) is 8.42 Å². The number of hydrogen-bond acceptors (Lipinski definition) is 4. The van der Waals surface area contributed by atoms with E-state index < -0.39 is 27.7 Å². The molecule has 0 aliphatic carbocycles. The molecule has 1 unspecified atom stereocenters. The first-order valence-electron chi connectivity index (χ1n) is 6.08. The Kier molecular flexibility index (Phi) is 3.94. The number of nitrogens with zero attached hydrogens (tertiary/aromatic N) is 1. The highest BCUT2D eigenvalue weighted by Gasteiger charge is 2.38. The summed E-state index contributed by atoms with van der Waals surface area (Å²) in [5.41, 5.74) is -1.09. The molecule has 1 heterocycles. The van der Waals surface area contributed by atoms with E-state index in [-0.39, 0.29) is 18.0 Å². The van der Waals surface area contributed by atoms with Crippen LogP contribution in [0.25, 0.3) is 0 Å². The van der Waals surface area contributed by atoms with Gasteiger partial charge in [0.25, 0.3) is 0 Å². The van der Waals surface area contributed by atoms with E-state index in [4.69, 9.17) is 0 Å². The van der Waals surface area contributed by atoms with E-state index in [9.17, 15) is 26.7 Å². The van der Waals surface area contributed by atoms with Crippen molar-refractivity contribution in [3.8, 4) is 5.75 Å². The van der Waals surface area contributed by atoms with Gasteiger partial charge in [-0.2, -0.15) is 4.31 Å². The Bertz CT molecular complexity index is 610. The zero-order valence-electron chi connectivity index (χ0n) is 11.1. The van der Waals surface area contributed by atoms with Gasteiger partial charge >= 0.3 is 6.36 Å². The van der Waals surface area contributed by atoms with Crippen LogP contribution in [0.2, 0.25) is 0 Å². The van der Waals surface area contributed by atoms with Crippen LogP contribution in [0.5, 0.6) is 5.75 Å². The third-order valence-corrected chi connectivity index (χ3v) is 4.97. The molecule has 1 aliphatic heterocycles. The van der Waals surface area contributed by atoms with E-state index >= 15 is 0 Å². The average Bonchev–Trinajstić information content (AvgIpc) is 2.69. The van der Waals surface area contributed by atoms with Gasteiger partial charge in [0.05, 0.1) is 10.5 Å². The van der Waals surface area contributed by atoms with Gasteiger partial charge in [0.1, 0.15) is 5.75 Å². The Balaban J connectivity index is 2.18. The largest absolute Gasteiger partial charge is 0.573 e. The molecule has 0 saturated carbocycles. The van der Waals surface area contributed by atoms with E-state index in [1.165, 1.54) is 6.92 Å². The molecule has 1 fully saturated rings. The maximum absolute atomic E-state index is 12.3. The van der Waals surface area contributed by atoms with Crippen molar-refractivity contribution in [2.24, 2.45) is 0 Å². The number of β-amino-alcohol motifs (C(OH)–C–C–N with tert-alkyl or cyclic N) is 1. The van der Waals surface area contributed by atoms with Gasteiger partial charge in [-0.15, -0.1) is 13.2 Å². The second-order valence-corrected chi connectivity index (χ2v) is 7.04.